The Morgan fingerprint density at radius 1 is 1.18 bits per heavy atom. The fraction of sp³-hybridized carbons (Fsp3) is 0.0556. The van der Waals surface area contributed by atoms with E-state index in [-0.39, 0.29) is 17.3 Å². The maximum absolute atomic E-state index is 12.2. The molecule has 1 N–H and O–H groups in total. The average molecular weight is 414 g/mol. The number of hydrogen-bond donors (Lipinski definition) is 1. The largest absolute Gasteiger partial charge is 0.320 e. The van der Waals surface area contributed by atoms with Crippen LogP contribution in [-0.4, -0.2) is 21.1 Å². The number of nitrogens with one attached hydrogen (secondary N) is 1. The van der Waals surface area contributed by atoms with Gasteiger partial charge in [0.25, 0.3) is 11.6 Å². The standard InChI is InChI=1S/C18H12ClN5O3S/c1-23-15(10-2-5-12(6-3-10)24(26)27)9-28-18(23)22-21-16-13-8-11(19)4-7-14(13)20-17(16)25/h2-9H,1H3,(H,20,21,25)/b22-18-. The molecule has 28 heavy (non-hydrogen) atoms. The highest BCUT2D eigenvalue weighted by atomic mass is 35.5. The lowest BCUT2D eigenvalue weighted by molar-refractivity contribution is -0.384. The van der Waals surface area contributed by atoms with Crippen molar-refractivity contribution in [1.82, 2.24) is 4.57 Å². The molecule has 140 valence electrons. The van der Waals surface area contributed by atoms with Crippen molar-refractivity contribution in [2.24, 2.45) is 17.3 Å². The molecule has 1 aromatic heterocycles. The second-order valence-corrected chi connectivity index (χ2v) is 7.23. The third-order valence-electron chi connectivity index (χ3n) is 4.23. The first kappa shape index (κ1) is 18.1. The van der Waals surface area contributed by atoms with E-state index in [9.17, 15) is 14.9 Å². The van der Waals surface area contributed by atoms with Gasteiger partial charge in [-0.1, -0.05) is 11.6 Å². The number of nitro benzene ring substituents is 1. The molecule has 0 bridgehead atoms. The molecule has 0 unspecified atom stereocenters. The van der Waals surface area contributed by atoms with Crippen LogP contribution in [-0.2, 0) is 11.8 Å². The molecule has 3 aromatic rings. The van der Waals surface area contributed by atoms with Crippen LogP contribution in [0.2, 0.25) is 5.02 Å². The Kier molecular flexibility index (Phi) is 4.54. The Labute approximate surface area is 167 Å². The summed E-state index contributed by atoms with van der Waals surface area (Å²) in [6.07, 6.45) is 0. The normalized spacial score (nSPS) is 15.0. The summed E-state index contributed by atoms with van der Waals surface area (Å²) in [5.74, 6) is -0.337. The first-order chi connectivity index (χ1) is 13.4. The van der Waals surface area contributed by atoms with Crippen molar-refractivity contribution in [3.05, 3.63) is 73.3 Å². The van der Waals surface area contributed by atoms with Gasteiger partial charge in [0, 0.05) is 35.1 Å². The third kappa shape index (κ3) is 3.21. The summed E-state index contributed by atoms with van der Waals surface area (Å²) in [6.45, 7) is 0. The Balaban J connectivity index is 1.71. The zero-order chi connectivity index (χ0) is 19.8. The topological polar surface area (TPSA) is 102 Å². The number of non-ortho nitro benzene ring substituents is 1. The monoisotopic (exact) mass is 413 g/mol. The fourth-order valence-corrected chi connectivity index (χ4v) is 3.82. The highest BCUT2D eigenvalue weighted by Gasteiger charge is 2.26. The van der Waals surface area contributed by atoms with Crippen molar-refractivity contribution in [2.75, 3.05) is 5.32 Å². The van der Waals surface area contributed by atoms with Crippen LogP contribution in [0.25, 0.3) is 11.3 Å². The highest BCUT2D eigenvalue weighted by Crippen LogP contribution is 2.27. The number of thiazole rings is 1. The van der Waals surface area contributed by atoms with Gasteiger partial charge in [-0.05, 0) is 35.9 Å². The molecular weight excluding hydrogens is 402 g/mol. The zero-order valence-corrected chi connectivity index (χ0v) is 16.0. The van der Waals surface area contributed by atoms with Crippen LogP contribution in [0.3, 0.4) is 0 Å². The summed E-state index contributed by atoms with van der Waals surface area (Å²) in [5.41, 5.74) is 3.12. The van der Waals surface area contributed by atoms with Gasteiger partial charge in [0.2, 0.25) is 4.80 Å². The number of benzene rings is 2. The van der Waals surface area contributed by atoms with Gasteiger partial charge in [0.1, 0.15) is 0 Å². The van der Waals surface area contributed by atoms with Gasteiger partial charge < -0.3 is 9.88 Å². The summed E-state index contributed by atoms with van der Waals surface area (Å²) in [7, 11) is 1.81. The van der Waals surface area contributed by atoms with Gasteiger partial charge >= 0.3 is 0 Å². The van der Waals surface area contributed by atoms with E-state index in [0.29, 0.717) is 21.1 Å². The number of anilines is 1. The summed E-state index contributed by atoms with van der Waals surface area (Å²) >= 11 is 7.36. The molecule has 0 saturated heterocycles. The molecule has 8 nitrogen and oxygen atoms in total. The molecule has 0 radical (unpaired) electrons. The SMILES string of the molecule is Cn1c(-c2ccc([N+](=O)[O-])cc2)cs/c1=N\N=C1\C(=O)Nc2ccc(Cl)cc21. The first-order valence-corrected chi connectivity index (χ1v) is 9.32. The molecule has 10 heteroatoms. The quantitative estimate of drug-likeness (QED) is 0.524. The fourth-order valence-electron chi connectivity index (χ4n) is 2.79. The van der Waals surface area contributed by atoms with Gasteiger partial charge in [0.05, 0.1) is 16.3 Å². The molecule has 0 spiro atoms. The summed E-state index contributed by atoms with van der Waals surface area (Å²) < 4.78 is 1.81. The van der Waals surface area contributed by atoms with Crippen molar-refractivity contribution in [3.8, 4) is 11.3 Å². The molecule has 1 aliphatic rings. The minimum Gasteiger partial charge on any atom is -0.320 e. The summed E-state index contributed by atoms with van der Waals surface area (Å²) in [5, 5.41) is 24.3. The number of nitrogens with zero attached hydrogens (tertiary/aromatic N) is 4. The molecule has 2 aromatic carbocycles. The van der Waals surface area contributed by atoms with Crippen LogP contribution < -0.4 is 10.1 Å². The van der Waals surface area contributed by atoms with E-state index in [1.165, 1.54) is 23.5 Å². The van der Waals surface area contributed by atoms with Crippen molar-refractivity contribution in [2.45, 2.75) is 0 Å². The van der Waals surface area contributed by atoms with Gasteiger partial charge in [-0.2, -0.15) is 0 Å². The first-order valence-electron chi connectivity index (χ1n) is 8.06. The van der Waals surface area contributed by atoms with Crippen molar-refractivity contribution in [3.63, 3.8) is 0 Å². The number of rotatable bonds is 3. The number of hydrogen-bond acceptors (Lipinski definition) is 6. The maximum Gasteiger partial charge on any atom is 0.276 e. The number of aromatic nitrogens is 1. The predicted molar refractivity (Wildman–Crippen MR) is 108 cm³/mol. The van der Waals surface area contributed by atoms with E-state index in [4.69, 9.17) is 11.6 Å². The lowest BCUT2D eigenvalue weighted by Crippen LogP contribution is -2.15. The van der Waals surface area contributed by atoms with E-state index in [0.717, 1.165) is 11.3 Å². The third-order valence-corrected chi connectivity index (χ3v) is 5.38. The molecule has 0 saturated carbocycles. The Hall–Kier alpha value is -3.30. The van der Waals surface area contributed by atoms with Crippen LogP contribution >= 0.6 is 22.9 Å². The Morgan fingerprint density at radius 2 is 1.93 bits per heavy atom. The molecule has 0 fully saturated rings. The number of halogens is 1. The van der Waals surface area contributed by atoms with Crippen LogP contribution in [0.5, 0.6) is 0 Å². The van der Waals surface area contributed by atoms with E-state index in [1.54, 1.807) is 30.3 Å². The molecule has 4 rings (SSSR count). The van der Waals surface area contributed by atoms with Crippen LogP contribution in [0.4, 0.5) is 11.4 Å². The van der Waals surface area contributed by atoms with Crippen LogP contribution in [0.1, 0.15) is 5.56 Å². The second-order valence-electron chi connectivity index (χ2n) is 5.96. The van der Waals surface area contributed by atoms with Gasteiger partial charge in [-0.25, -0.2) is 0 Å². The number of carbonyl (C=O) groups excluding carboxylic acids is 1. The summed E-state index contributed by atoms with van der Waals surface area (Å²) in [6, 6.07) is 11.3. The van der Waals surface area contributed by atoms with Crippen molar-refractivity contribution < 1.29 is 9.72 Å². The lowest BCUT2D eigenvalue weighted by atomic mass is 10.1. The van der Waals surface area contributed by atoms with E-state index < -0.39 is 4.92 Å². The van der Waals surface area contributed by atoms with Crippen LogP contribution in [0, 0.1) is 10.1 Å². The predicted octanol–water partition coefficient (Wildman–Crippen LogP) is 3.57. The van der Waals surface area contributed by atoms with Gasteiger partial charge in [-0.15, -0.1) is 21.5 Å². The Morgan fingerprint density at radius 3 is 2.64 bits per heavy atom. The van der Waals surface area contributed by atoms with E-state index in [1.807, 2.05) is 17.0 Å². The Bertz CT molecular complexity index is 1210. The average Bonchev–Trinajstić information content (AvgIpc) is 3.19. The number of amides is 1. The minimum absolute atomic E-state index is 0.0301. The summed E-state index contributed by atoms with van der Waals surface area (Å²) in [4.78, 5) is 23.1. The van der Waals surface area contributed by atoms with Gasteiger partial charge in [0.15, 0.2) is 5.71 Å². The number of fused-ring (bicyclic) bond motifs is 1. The highest BCUT2D eigenvalue weighted by molar-refractivity contribution is 7.07. The molecule has 0 aliphatic carbocycles. The molecular formula is C18H12ClN5O3S. The lowest BCUT2D eigenvalue weighted by Gasteiger charge is -2.02. The maximum atomic E-state index is 12.2. The molecule has 2 heterocycles. The van der Waals surface area contributed by atoms with Crippen molar-refractivity contribution >= 4 is 45.9 Å². The minimum atomic E-state index is -0.439. The van der Waals surface area contributed by atoms with E-state index >= 15 is 0 Å². The smallest absolute Gasteiger partial charge is 0.276 e. The van der Waals surface area contributed by atoms with Crippen LogP contribution in [0.15, 0.2) is 58.0 Å². The molecule has 1 amide bonds. The second kappa shape index (κ2) is 7.02. The number of nitro groups is 1. The van der Waals surface area contributed by atoms with E-state index in [2.05, 4.69) is 15.5 Å². The van der Waals surface area contributed by atoms with Gasteiger partial charge in [-0.3, -0.25) is 14.9 Å². The van der Waals surface area contributed by atoms with Crippen molar-refractivity contribution in [1.29, 1.82) is 0 Å². The molecule has 1 aliphatic heterocycles. The zero-order valence-electron chi connectivity index (χ0n) is 14.4. The number of carbonyl (C=O) groups is 1. The molecule has 0 atom stereocenters.